The molecular formula is C11H12ClNO3. The van der Waals surface area contributed by atoms with Crippen molar-refractivity contribution in [2.75, 3.05) is 25.6 Å². The number of halogens is 1. The lowest BCUT2D eigenvalue weighted by Gasteiger charge is -2.39. The van der Waals surface area contributed by atoms with E-state index in [1.54, 1.807) is 12.1 Å². The second-order valence-electron chi connectivity index (χ2n) is 3.70. The highest BCUT2D eigenvalue weighted by Crippen LogP contribution is 2.26. The smallest absolute Gasteiger partial charge is 0.336 e. The lowest BCUT2D eigenvalue weighted by Crippen LogP contribution is -2.62. The summed E-state index contributed by atoms with van der Waals surface area (Å²) in [5, 5.41) is 3.72. The third-order valence-electron chi connectivity index (χ3n) is 2.48. The predicted octanol–water partition coefficient (Wildman–Crippen LogP) is 1.69. The van der Waals surface area contributed by atoms with E-state index in [4.69, 9.17) is 21.1 Å². The van der Waals surface area contributed by atoms with E-state index in [0.29, 0.717) is 18.2 Å². The molecule has 1 aromatic rings. The van der Waals surface area contributed by atoms with Crippen LogP contribution in [0.2, 0.25) is 5.02 Å². The standard InChI is InChI=1S/C11H12ClNO3/c1-15-10(14)11(6-16-7-11)13-9-4-2-3-8(12)5-9/h2-5,13H,6-7H2,1H3. The first-order valence-electron chi connectivity index (χ1n) is 4.86. The molecule has 86 valence electrons. The molecule has 16 heavy (non-hydrogen) atoms. The molecule has 0 radical (unpaired) electrons. The van der Waals surface area contributed by atoms with Crippen molar-refractivity contribution in [3.05, 3.63) is 29.3 Å². The summed E-state index contributed by atoms with van der Waals surface area (Å²) in [5.41, 5.74) is 0.0144. The third kappa shape index (κ3) is 1.99. The molecule has 5 heteroatoms. The Labute approximate surface area is 98.5 Å². The van der Waals surface area contributed by atoms with Gasteiger partial charge in [0.1, 0.15) is 0 Å². The summed E-state index contributed by atoms with van der Waals surface area (Å²) in [6.07, 6.45) is 0. The van der Waals surface area contributed by atoms with Gasteiger partial charge in [-0.2, -0.15) is 0 Å². The molecule has 0 spiro atoms. The Morgan fingerprint density at radius 2 is 2.31 bits per heavy atom. The molecular weight excluding hydrogens is 230 g/mol. The number of rotatable bonds is 3. The van der Waals surface area contributed by atoms with Gasteiger partial charge in [-0.15, -0.1) is 0 Å². The van der Waals surface area contributed by atoms with E-state index in [1.807, 2.05) is 12.1 Å². The van der Waals surface area contributed by atoms with E-state index < -0.39 is 5.54 Å². The van der Waals surface area contributed by atoms with E-state index >= 15 is 0 Å². The Kier molecular flexibility index (Phi) is 3.03. The van der Waals surface area contributed by atoms with Crippen LogP contribution in [-0.4, -0.2) is 31.8 Å². The first kappa shape index (κ1) is 11.2. The summed E-state index contributed by atoms with van der Waals surface area (Å²) in [5.74, 6) is -0.321. The van der Waals surface area contributed by atoms with Gasteiger partial charge in [0.05, 0.1) is 20.3 Å². The largest absolute Gasteiger partial charge is 0.467 e. The zero-order chi connectivity index (χ0) is 11.6. The molecule has 1 aliphatic rings. The predicted molar refractivity (Wildman–Crippen MR) is 60.6 cm³/mol. The lowest BCUT2D eigenvalue weighted by molar-refractivity contribution is -0.161. The minimum absolute atomic E-state index is 0.312. The van der Waals surface area contributed by atoms with Gasteiger partial charge in [0, 0.05) is 10.7 Å². The Bertz CT molecular complexity index is 404. The highest BCUT2D eigenvalue weighted by Gasteiger charge is 2.47. The first-order chi connectivity index (χ1) is 7.66. The average molecular weight is 242 g/mol. The Hall–Kier alpha value is -1.26. The van der Waals surface area contributed by atoms with Crippen LogP contribution >= 0.6 is 11.6 Å². The van der Waals surface area contributed by atoms with Crippen LogP contribution in [0.1, 0.15) is 0 Å². The minimum atomic E-state index is -0.764. The van der Waals surface area contributed by atoms with Crippen molar-refractivity contribution >= 4 is 23.3 Å². The molecule has 0 aliphatic carbocycles. The van der Waals surface area contributed by atoms with Crippen molar-refractivity contribution in [2.45, 2.75) is 5.54 Å². The molecule has 1 aliphatic heterocycles. The summed E-state index contributed by atoms with van der Waals surface area (Å²) in [6, 6.07) is 7.18. The molecule has 1 N–H and O–H groups in total. The van der Waals surface area contributed by atoms with E-state index in [9.17, 15) is 4.79 Å². The van der Waals surface area contributed by atoms with Gasteiger partial charge in [-0.1, -0.05) is 17.7 Å². The highest BCUT2D eigenvalue weighted by molar-refractivity contribution is 6.30. The number of carbonyl (C=O) groups excluding carboxylic acids is 1. The van der Waals surface area contributed by atoms with Crippen molar-refractivity contribution < 1.29 is 14.3 Å². The quantitative estimate of drug-likeness (QED) is 0.819. The second-order valence-corrected chi connectivity index (χ2v) is 4.14. The Morgan fingerprint density at radius 3 is 2.81 bits per heavy atom. The number of benzene rings is 1. The van der Waals surface area contributed by atoms with Crippen molar-refractivity contribution in [2.24, 2.45) is 0 Å². The Morgan fingerprint density at radius 1 is 1.56 bits per heavy atom. The number of carbonyl (C=O) groups is 1. The van der Waals surface area contributed by atoms with Gasteiger partial charge in [-0.25, -0.2) is 4.79 Å². The maximum absolute atomic E-state index is 11.6. The molecule has 1 aromatic carbocycles. The Balaban J connectivity index is 2.16. The van der Waals surface area contributed by atoms with Gasteiger partial charge in [-0.3, -0.25) is 0 Å². The topological polar surface area (TPSA) is 47.6 Å². The number of anilines is 1. The van der Waals surface area contributed by atoms with Gasteiger partial charge >= 0.3 is 5.97 Å². The molecule has 0 bridgehead atoms. The second kappa shape index (κ2) is 4.31. The molecule has 1 fully saturated rings. The number of hydrogen-bond donors (Lipinski definition) is 1. The molecule has 0 aromatic heterocycles. The van der Waals surface area contributed by atoms with Gasteiger partial charge < -0.3 is 14.8 Å². The number of methoxy groups -OCH3 is 1. The first-order valence-corrected chi connectivity index (χ1v) is 5.24. The SMILES string of the molecule is COC(=O)C1(Nc2cccc(Cl)c2)COC1. The van der Waals surface area contributed by atoms with Crippen LogP contribution in [0.3, 0.4) is 0 Å². The van der Waals surface area contributed by atoms with Crippen LogP contribution in [0.25, 0.3) is 0 Å². The van der Waals surface area contributed by atoms with Crippen LogP contribution in [-0.2, 0) is 14.3 Å². The molecule has 0 unspecified atom stereocenters. The van der Waals surface area contributed by atoms with Crippen LogP contribution < -0.4 is 5.32 Å². The summed E-state index contributed by atoms with van der Waals surface area (Å²) >= 11 is 5.86. The van der Waals surface area contributed by atoms with Crippen LogP contribution in [0.5, 0.6) is 0 Å². The summed E-state index contributed by atoms with van der Waals surface area (Å²) < 4.78 is 9.81. The molecule has 2 rings (SSSR count). The molecule has 1 saturated heterocycles. The van der Waals surface area contributed by atoms with Gasteiger partial charge in [0.25, 0.3) is 0 Å². The number of esters is 1. The van der Waals surface area contributed by atoms with Crippen molar-refractivity contribution in [3.63, 3.8) is 0 Å². The molecule has 0 saturated carbocycles. The molecule has 0 amide bonds. The fourth-order valence-corrected chi connectivity index (χ4v) is 1.78. The van der Waals surface area contributed by atoms with E-state index in [1.165, 1.54) is 7.11 Å². The molecule has 4 nitrogen and oxygen atoms in total. The van der Waals surface area contributed by atoms with Crippen LogP contribution in [0, 0.1) is 0 Å². The maximum Gasteiger partial charge on any atom is 0.336 e. The normalized spacial score (nSPS) is 17.4. The summed E-state index contributed by atoms with van der Waals surface area (Å²) in [6.45, 7) is 0.623. The summed E-state index contributed by atoms with van der Waals surface area (Å²) in [4.78, 5) is 11.6. The molecule has 0 atom stereocenters. The summed E-state index contributed by atoms with van der Waals surface area (Å²) in [7, 11) is 1.36. The van der Waals surface area contributed by atoms with Gasteiger partial charge in [-0.05, 0) is 18.2 Å². The van der Waals surface area contributed by atoms with Gasteiger partial charge in [0.2, 0.25) is 0 Å². The van der Waals surface area contributed by atoms with Crippen molar-refractivity contribution in [3.8, 4) is 0 Å². The fourth-order valence-electron chi connectivity index (χ4n) is 1.59. The fraction of sp³-hybridized carbons (Fsp3) is 0.364. The highest BCUT2D eigenvalue weighted by atomic mass is 35.5. The monoisotopic (exact) mass is 241 g/mol. The molecule has 1 heterocycles. The third-order valence-corrected chi connectivity index (χ3v) is 2.72. The van der Waals surface area contributed by atoms with Crippen molar-refractivity contribution in [1.82, 2.24) is 0 Å². The van der Waals surface area contributed by atoms with Crippen molar-refractivity contribution in [1.29, 1.82) is 0 Å². The van der Waals surface area contributed by atoms with Gasteiger partial charge in [0.15, 0.2) is 5.54 Å². The zero-order valence-electron chi connectivity index (χ0n) is 8.83. The number of hydrogen-bond acceptors (Lipinski definition) is 4. The van der Waals surface area contributed by atoms with E-state index in [0.717, 1.165) is 5.69 Å². The zero-order valence-corrected chi connectivity index (χ0v) is 9.58. The van der Waals surface area contributed by atoms with E-state index in [-0.39, 0.29) is 5.97 Å². The van der Waals surface area contributed by atoms with Crippen LogP contribution in [0.4, 0.5) is 5.69 Å². The lowest BCUT2D eigenvalue weighted by atomic mass is 9.97. The maximum atomic E-state index is 11.6. The number of nitrogens with one attached hydrogen (secondary N) is 1. The van der Waals surface area contributed by atoms with Crippen LogP contribution in [0.15, 0.2) is 24.3 Å². The van der Waals surface area contributed by atoms with E-state index in [2.05, 4.69) is 5.32 Å². The average Bonchev–Trinajstić information content (AvgIpc) is 2.22. The number of ether oxygens (including phenoxy) is 2. The minimum Gasteiger partial charge on any atom is -0.467 e.